The van der Waals surface area contributed by atoms with E-state index in [0.717, 1.165) is 25.0 Å². The number of nitrogens with one attached hydrogen (secondary N) is 4. The van der Waals surface area contributed by atoms with E-state index < -0.39 is 12.1 Å². The first-order valence-corrected chi connectivity index (χ1v) is 11.5. The van der Waals surface area contributed by atoms with Crippen molar-refractivity contribution in [1.29, 1.82) is 0 Å². The van der Waals surface area contributed by atoms with E-state index in [-0.39, 0.29) is 30.6 Å². The van der Waals surface area contributed by atoms with Crippen molar-refractivity contribution in [3.8, 4) is 0 Å². The highest BCUT2D eigenvalue weighted by molar-refractivity contribution is 5.97. The van der Waals surface area contributed by atoms with Gasteiger partial charge in [0.25, 0.3) is 0 Å². The number of hydrogen-bond donors (Lipinski definition) is 4. The average molecular weight is 469 g/mol. The Morgan fingerprint density at radius 2 is 1.68 bits per heavy atom. The average Bonchev–Trinajstić information content (AvgIpc) is 3.35. The molecule has 4 amide bonds. The zero-order valence-electron chi connectivity index (χ0n) is 19.5. The first-order valence-electron chi connectivity index (χ1n) is 11.5. The van der Waals surface area contributed by atoms with Crippen LogP contribution in [0.15, 0.2) is 54.6 Å². The summed E-state index contributed by atoms with van der Waals surface area (Å²) >= 11 is 0. The van der Waals surface area contributed by atoms with Crippen molar-refractivity contribution in [2.24, 2.45) is 5.92 Å². The second kappa shape index (κ2) is 12.6. The summed E-state index contributed by atoms with van der Waals surface area (Å²) in [6.07, 6.45) is 1.38. The Morgan fingerprint density at radius 3 is 2.29 bits per heavy atom. The smallest absolute Gasteiger partial charge is 0.408 e. The summed E-state index contributed by atoms with van der Waals surface area (Å²) in [6, 6.07) is 15.0. The van der Waals surface area contributed by atoms with E-state index in [1.807, 2.05) is 44.2 Å². The second-order valence-corrected chi connectivity index (χ2v) is 8.46. The summed E-state index contributed by atoms with van der Waals surface area (Å²) in [5, 5.41) is 11.0. The quantitative estimate of drug-likeness (QED) is 0.446. The van der Waals surface area contributed by atoms with Gasteiger partial charge in [-0.05, 0) is 48.6 Å². The van der Waals surface area contributed by atoms with Crippen molar-refractivity contribution in [2.45, 2.75) is 45.4 Å². The third-order valence-electron chi connectivity index (χ3n) is 5.36. The van der Waals surface area contributed by atoms with Crippen LogP contribution in [0.2, 0.25) is 0 Å². The molecule has 2 aromatic rings. The van der Waals surface area contributed by atoms with E-state index in [1.54, 1.807) is 24.3 Å². The van der Waals surface area contributed by atoms with Crippen LogP contribution < -0.4 is 21.3 Å². The van der Waals surface area contributed by atoms with Crippen LogP contribution in [0.5, 0.6) is 0 Å². The number of ether oxygens (including phenoxy) is 2. The van der Waals surface area contributed by atoms with E-state index in [0.29, 0.717) is 17.9 Å². The molecule has 9 nitrogen and oxygen atoms in total. The van der Waals surface area contributed by atoms with Crippen molar-refractivity contribution < 1.29 is 23.9 Å². The Kier molecular flexibility index (Phi) is 9.28. The Bertz CT molecular complexity index is 944. The summed E-state index contributed by atoms with van der Waals surface area (Å²) in [4.78, 5) is 37.0. The summed E-state index contributed by atoms with van der Waals surface area (Å²) < 4.78 is 10.7. The fraction of sp³-hybridized carbons (Fsp3) is 0.400. The lowest BCUT2D eigenvalue weighted by Gasteiger charge is -2.21. The molecule has 4 N–H and O–H groups in total. The van der Waals surface area contributed by atoms with Crippen LogP contribution in [0, 0.1) is 5.92 Å². The van der Waals surface area contributed by atoms with Crippen molar-refractivity contribution in [3.63, 3.8) is 0 Å². The highest BCUT2D eigenvalue weighted by atomic mass is 16.5. The number of carbonyl (C=O) groups excluding carboxylic acids is 3. The number of carbonyl (C=O) groups is 3. The molecule has 0 spiro atoms. The topological polar surface area (TPSA) is 118 Å². The van der Waals surface area contributed by atoms with Gasteiger partial charge in [-0.25, -0.2) is 9.59 Å². The summed E-state index contributed by atoms with van der Waals surface area (Å²) in [5.41, 5.74) is 1.99. The molecule has 0 radical (unpaired) electrons. The SMILES string of the molecule is CC(C)[C@H](NC(=O)OCc1ccccc1)C(=O)Nc1ccc(NC(=O)NCC2CCCO2)cc1. The summed E-state index contributed by atoms with van der Waals surface area (Å²) in [7, 11) is 0. The summed E-state index contributed by atoms with van der Waals surface area (Å²) in [6.45, 7) is 5.00. The van der Waals surface area contributed by atoms with Gasteiger partial charge in [-0.1, -0.05) is 44.2 Å². The fourth-order valence-corrected chi connectivity index (χ4v) is 3.47. The number of alkyl carbamates (subject to hydrolysis) is 1. The zero-order chi connectivity index (χ0) is 24.3. The largest absolute Gasteiger partial charge is 0.445 e. The summed E-state index contributed by atoms with van der Waals surface area (Å²) in [5.74, 6) is -0.514. The molecule has 1 aliphatic heterocycles. The Balaban J connectivity index is 1.46. The Hall–Kier alpha value is -3.59. The Labute approximate surface area is 199 Å². The molecule has 0 bridgehead atoms. The van der Waals surface area contributed by atoms with E-state index in [9.17, 15) is 14.4 Å². The van der Waals surface area contributed by atoms with Crippen molar-refractivity contribution >= 4 is 29.4 Å². The molecule has 0 saturated carbocycles. The highest BCUT2D eigenvalue weighted by Gasteiger charge is 2.25. The minimum Gasteiger partial charge on any atom is -0.445 e. The molecule has 2 atom stereocenters. The van der Waals surface area contributed by atoms with Crippen LogP contribution >= 0.6 is 0 Å². The lowest BCUT2D eigenvalue weighted by Crippen LogP contribution is -2.47. The minimum atomic E-state index is -0.773. The van der Waals surface area contributed by atoms with Gasteiger partial charge in [-0.3, -0.25) is 4.79 Å². The van der Waals surface area contributed by atoms with E-state index >= 15 is 0 Å². The number of urea groups is 1. The van der Waals surface area contributed by atoms with Gasteiger partial charge < -0.3 is 30.7 Å². The number of hydrogen-bond acceptors (Lipinski definition) is 5. The first kappa shape index (κ1) is 25.0. The van der Waals surface area contributed by atoms with E-state index in [2.05, 4.69) is 21.3 Å². The second-order valence-electron chi connectivity index (χ2n) is 8.46. The predicted octanol–water partition coefficient (Wildman–Crippen LogP) is 3.88. The molecule has 9 heteroatoms. The molecule has 1 saturated heterocycles. The predicted molar refractivity (Wildman–Crippen MR) is 129 cm³/mol. The zero-order valence-corrected chi connectivity index (χ0v) is 19.5. The molecule has 1 aliphatic rings. The maximum atomic E-state index is 12.8. The van der Waals surface area contributed by atoms with Crippen LogP contribution in [0.3, 0.4) is 0 Å². The third-order valence-corrected chi connectivity index (χ3v) is 5.36. The molecule has 1 fully saturated rings. The van der Waals surface area contributed by atoms with Gasteiger partial charge in [0.2, 0.25) is 5.91 Å². The number of amides is 4. The van der Waals surface area contributed by atoms with Crippen molar-refractivity contribution in [1.82, 2.24) is 10.6 Å². The van der Waals surface area contributed by atoms with Gasteiger partial charge in [-0.15, -0.1) is 0 Å². The highest BCUT2D eigenvalue weighted by Crippen LogP contribution is 2.15. The lowest BCUT2D eigenvalue weighted by atomic mass is 10.0. The van der Waals surface area contributed by atoms with Crippen molar-refractivity contribution in [2.75, 3.05) is 23.8 Å². The van der Waals surface area contributed by atoms with Crippen LogP contribution in [0.25, 0.3) is 0 Å². The van der Waals surface area contributed by atoms with Gasteiger partial charge in [0, 0.05) is 24.5 Å². The normalized spacial score (nSPS) is 15.9. The molecule has 0 aromatic heterocycles. The van der Waals surface area contributed by atoms with Gasteiger partial charge in [0.15, 0.2) is 0 Å². The van der Waals surface area contributed by atoms with Gasteiger partial charge in [0.05, 0.1) is 6.10 Å². The number of anilines is 2. The minimum absolute atomic E-state index is 0.0708. The molecular formula is C25H32N4O5. The standard InChI is InChI=1S/C25H32N4O5/c1-17(2)22(29-25(32)34-16-18-7-4-3-5-8-18)23(30)27-19-10-12-20(13-11-19)28-24(31)26-15-21-9-6-14-33-21/h3-5,7-8,10-13,17,21-22H,6,9,14-16H2,1-2H3,(H,27,30)(H,29,32)(H2,26,28,31)/t21?,22-/m0/s1. The van der Waals surface area contributed by atoms with E-state index in [1.165, 1.54) is 0 Å². The van der Waals surface area contributed by atoms with Gasteiger partial charge >= 0.3 is 12.1 Å². The third kappa shape index (κ3) is 8.08. The molecule has 1 unspecified atom stereocenters. The van der Waals surface area contributed by atoms with E-state index in [4.69, 9.17) is 9.47 Å². The van der Waals surface area contributed by atoms with Gasteiger partial charge in [0.1, 0.15) is 12.6 Å². The monoisotopic (exact) mass is 468 g/mol. The van der Waals surface area contributed by atoms with Crippen LogP contribution in [0.4, 0.5) is 21.0 Å². The molecule has 34 heavy (non-hydrogen) atoms. The molecule has 182 valence electrons. The molecule has 1 heterocycles. The lowest BCUT2D eigenvalue weighted by molar-refractivity contribution is -0.119. The molecular weight excluding hydrogens is 436 g/mol. The number of rotatable bonds is 9. The fourth-order valence-electron chi connectivity index (χ4n) is 3.47. The first-order chi connectivity index (χ1) is 16.4. The van der Waals surface area contributed by atoms with Crippen LogP contribution in [-0.2, 0) is 20.9 Å². The molecule has 2 aromatic carbocycles. The van der Waals surface area contributed by atoms with Crippen molar-refractivity contribution in [3.05, 3.63) is 60.2 Å². The Morgan fingerprint density at radius 1 is 1.00 bits per heavy atom. The van der Waals surface area contributed by atoms with Gasteiger partial charge in [-0.2, -0.15) is 0 Å². The number of benzene rings is 2. The van der Waals surface area contributed by atoms with Crippen LogP contribution in [0.1, 0.15) is 32.3 Å². The maximum Gasteiger partial charge on any atom is 0.408 e. The van der Waals surface area contributed by atoms with Crippen LogP contribution in [-0.4, -0.2) is 43.3 Å². The molecule has 0 aliphatic carbocycles. The molecule has 3 rings (SSSR count). The maximum absolute atomic E-state index is 12.8.